The maximum Gasteiger partial charge on any atom is -0.0195 e. The molecule has 2 aliphatic carbocycles. The van der Waals surface area contributed by atoms with E-state index in [1.807, 2.05) is 0 Å². The van der Waals surface area contributed by atoms with Crippen LogP contribution in [0.2, 0.25) is 0 Å². The van der Waals surface area contributed by atoms with Gasteiger partial charge in [-0.3, -0.25) is 0 Å². The molecule has 0 unspecified atom stereocenters. The topological polar surface area (TPSA) is 0 Å². The summed E-state index contributed by atoms with van der Waals surface area (Å²) in [6.07, 6.45) is 25.0. The van der Waals surface area contributed by atoms with Crippen molar-refractivity contribution < 1.29 is 0 Å². The molecule has 0 heteroatoms. The molecule has 0 amide bonds. The van der Waals surface area contributed by atoms with Crippen LogP contribution in [0.25, 0.3) is 0 Å². The summed E-state index contributed by atoms with van der Waals surface area (Å²) >= 11 is 0. The molecule has 2 aliphatic rings. The van der Waals surface area contributed by atoms with E-state index in [1.54, 1.807) is 0 Å². The van der Waals surface area contributed by atoms with Crippen LogP contribution < -0.4 is 0 Å². The highest BCUT2D eigenvalue weighted by Crippen LogP contribution is 2.35. The molecule has 0 nitrogen and oxygen atoms in total. The summed E-state index contributed by atoms with van der Waals surface area (Å²) in [4.78, 5) is 0. The fraction of sp³-hybridized carbons (Fsp3) is 0.789. The van der Waals surface area contributed by atoms with Gasteiger partial charge in [-0.2, -0.15) is 0 Å². The van der Waals surface area contributed by atoms with Gasteiger partial charge in [-0.05, 0) is 49.2 Å². The van der Waals surface area contributed by atoms with Gasteiger partial charge in [-0.1, -0.05) is 70.4 Å². The van der Waals surface area contributed by atoms with Crippen molar-refractivity contribution in [2.24, 2.45) is 11.8 Å². The fourth-order valence-corrected chi connectivity index (χ4v) is 3.63. The van der Waals surface area contributed by atoms with Crippen molar-refractivity contribution in [1.29, 1.82) is 0 Å². The monoisotopic (exact) mass is 259 g/mol. The molecule has 0 bridgehead atoms. The number of hydrogen-bond acceptors (Lipinski definition) is 0. The molecule has 0 atom stereocenters. The molecule has 1 fully saturated rings. The molecule has 1 saturated carbocycles. The second-order valence-corrected chi connectivity index (χ2v) is 6.58. The Bertz CT molecular complexity index is 289. The number of allylic oxidation sites excluding steroid dienone is 4. The molecule has 1 radical (unpaired) electrons. The zero-order chi connectivity index (χ0) is 13.3. The average molecular weight is 259 g/mol. The maximum atomic E-state index is 3.44. The lowest BCUT2D eigenvalue weighted by molar-refractivity contribution is 0.249. The van der Waals surface area contributed by atoms with Crippen LogP contribution in [-0.2, 0) is 0 Å². The summed E-state index contributed by atoms with van der Waals surface area (Å²) in [5.41, 5.74) is 1.48. The molecule has 0 spiro atoms. The van der Waals surface area contributed by atoms with Gasteiger partial charge in [0.05, 0.1) is 0 Å². The number of unbranched alkanes of at least 4 members (excludes halogenated alkanes) is 2. The predicted octanol–water partition coefficient (Wildman–Crippen LogP) is 6.23. The van der Waals surface area contributed by atoms with Gasteiger partial charge < -0.3 is 0 Å². The van der Waals surface area contributed by atoms with Crippen molar-refractivity contribution in [3.63, 3.8) is 0 Å². The van der Waals surface area contributed by atoms with Crippen LogP contribution in [0.4, 0.5) is 0 Å². The van der Waals surface area contributed by atoms with Gasteiger partial charge in [-0.15, -0.1) is 0 Å². The summed E-state index contributed by atoms with van der Waals surface area (Å²) in [5.74, 6) is 2.07. The minimum atomic E-state index is 1.01. The molecule has 0 aliphatic heterocycles. The lowest BCUT2D eigenvalue weighted by Gasteiger charge is -2.28. The molecule has 0 heterocycles. The maximum absolute atomic E-state index is 3.44. The van der Waals surface area contributed by atoms with Gasteiger partial charge in [0.25, 0.3) is 0 Å². The lowest BCUT2D eigenvalue weighted by Crippen LogP contribution is -2.14. The van der Waals surface area contributed by atoms with E-state index >= 15 is 0 Å². The summed E-state index contributed by atoms with van der Waals surface area (Å²) in [7, 11) is 0. The first-order chi connectivity index (χ1) is 9.38. The Balaban J connectivity index is 1.58. The highest BCUT2D eigenvalue weighted by Gasteiger charge is 2.20. The average Bonchev–Trinajstić information content (AvgIpc) is 2.48. The van der Waals surface area contributed by atoms with Gasteiger partial charge >= 0.3 is 0 Å². The van der Waals surface area contributed by atoms with Crippen LogP contribution in [0.5, 0.6) is 0 Å². The molecule has 107 valence electrons. The molecule has 0 aromatic heterocycles. The first-order valence-corrected chi connectivity index (χ1v) is 8.65. The van der Waals surface area contributed by atoms with Gasteiger partial charge in [0.15, 0.2) is 0 Å². The smallest absolute Gasteiger partial charge is 0.0195 e. The Morgan fingerprint density at radius 2 is 1.74 bits per heavy atom. The van der Waals surface area contributed by atoms with Crippen LogP contribution in [-0.4, -0.2) is 0 Å². The Morgan fingerprint density at radius 1 is 1.00 bits per heavy atom. The van der Waals surface area contributed by atoms with Crippen molar-refractivity contribution >= 4 is 0 Å². The Labute approximate surface area is 120 Å². The van der Waals surface area contributed by atoms with Crippen LogP contribution in [0.3, 0.4) is 0 Å². The third-order valence-corrected chi connectivity index (χ3v) is 4.99. The molecule has 0 aromatic carbocycles. The standard InChI is InChI=1S/C19H31/c1-2-3-5-8-18-12-15-19(16-13-18)14-11-17-9-6-4-7-10-17/h6,10,18-19H,2-5,7-8,11-16H2,1H3/t18-,19-. The second kappa shape index (κ2) is 8.61. The van der Waals surface area contributed by atoms with E-state index in [-0.39, 0.29) is 0 Å². The zero-order valence-electron chi connectivity index (χ0n) is 12.8. The largest absolute Gasteiger partial charge is 0.0804 e. The van der Waals surface area contributed by atoms with E-state index in [0.29, 0.717) is 0 Å². The van der Waals surface area contributed by atoms with Gasteiger partial charge in [-0.25, -0.2) is 0 Å². The zero-order valence-corrected chi connectivity index (χ0v) is 12.8. The highest BCUT2D eigenvalue weighted by atomic mass is 14.3. The molecule has 2 rings (SSSR count). The van der Waals surface area contributed by atoms with Crippen molar-refractivity contribution in [3.8, 4) is 0 Å². The number of rotatable bonds is 7. The minimum Gasteiger partial charge on any atom is -0.0804 e. The SMILES string of the molecule is CCCCC[C@H]1CC[C@H](CCC2=CCCC=[C]2)CC1. The Morgan fingerprint density at radius 3 is 2.37 bits per heavy atom. The molecular formula is C19H31. The summed E-state index contributed by atoms with van der Waals surface area (Å²) < 4.78 is 0. The molecule has 19 heavy (non-hydrogen) atoms. The first-order valence-electron chi connectivity index (χ1n) is 8.65. The van der Waals surface area contributed by atoms with E-state index < -0.39 is 0 Å². The first kappa shape index (κ1) is 14.9. The van der Waals surface area contributed by atoms with E-state index in [1.165, 1.54) is 82.6 Å². The second-order valence-electron chi connectivity index (χ2n) is 6.58. The molecule has 0 aromatic rings. The van der Waals surface area contributed by atoms with Gasteiger partial charge in [0.2, 0.25) is 0 Å². The minimum absolute atomic E-state index is 1.01. The van der Waals surface area contributed by atoms with Crippen LogP contribution in [0.1, 0.15) is 84.0 Å². The lowest BCUT2D eigenvalue weighted by atomic mass is 9.77. The Hall–Kier alpha value is -0.520. The van der Waals surface area contributed by atoms with Crippen molar-refractivity contribution in [3.05, 3.63) is 23.8 Å². The highest BCUT2D eigenvalue weighted by molar-refractivity contribution is 5.16. The molecule has 0 saturated heterocycles. The van der Waals surface area contributed by atoms with Crippen molar-refractivity contribution in [2.75, 3.05) is 0 Å². The van der Waals surface area contributed by atoms with Crippen LogP contribution in [0.15, 0.2) is 17.7 Å². The van der Waals surface area contributed by atoms with E-state index in [0.717, 1.165) is 11.8 Å². The predicted molar refractivity (Wildman–Crippen MR) is 84.0 cm³/mol. The summed E-state index contributed by atoms with van der Waals surface area (Å²) in [5, 5.41) is 0. The van der Waals surface area contributed by atoms with E-state index in [9.17, 15) is 0 Å². The van der Waals surface area contributed by atoms with Gasteiger partial charge in [0, 0.05) is 0 Å². The number of hydrogen-bond donors (Lipinski definition) is 0. The molecule has 0 N–H and O–H groups in total. The summed E-state index contributed by atoms with van der Waals surface area (Å²) in [6, 6.07) is 0. The molecular weight excluding hydrogens is 228 g/mol. The van der Waals surface area contributed by atoms with Crippen molar-refractivity contribution in [2.45, 2.75) is 84.0 Å². The van der Waals surface area contributed by atoms with Crippen LogP contribution >= 0.6 is 0 Å². The van der Waals surface area contributed by atoms with Crippen LogP contribution in [0, 0.1) is 17.9 Å². The van der Waals surface area contributed by atoms with Gasteiger partial charge in [0.1, 0.15) is 0 Å². The fourth-order valence-electron chi connectivity index (χ4n) is 3.63. The Kier molecular flexibility index (Phi) is 6.74. The normalized spacial score (nSPS) is 27.3. The summed E-state index contributed by atoms with van der Waals surface area (Å²) in [6.45, 7) is 2.31. The van der Waals surface area contributed by atoms with E-state index in [4.69, 9.17) is 0 Å². The third kappa shape index (κ3) is 5.55. The quantitative estimate of drug-likeness (QED) is 0.475. The van der Waals surface area contributed by atoms with E-state index in [2.05, 4.69) is 25.2 Å². The van der Waals surface area contributed by atoms with Crippen molar-refractivity contribution in [1.82, 2.24) is 0 Å². The third-order valence-electron chi connectivity index (χ3n) is 4.99.